The van der Waals surface area contributed by atoms with E-state index < -0.39 is 0 Å². The second kappa shape index (κ2) is 10.5. The summed E-state index contributed by atoms with van der Waals surface area (Å²) in [7, 11) is 0. The molecule has 0 saturated carbocycles. The Morgan fingerprint density at radius 3 is 2.32 bits per heavy atom. The Labute approximate surface area is 149 Å². The second-order valence-corrected chi connectivity index (χ2v) is 5.55. The molecule has 2 N–H and O–H groups in total. The molecular weight excluding hydrogens is 317 g/mol. The topological polar surface area (TPSA) is 45.7 Å². The molecule has 0 radical (unpaired) electrons. The summed E-state index contributed by atoms with van der Waals surface area (Å²) in [5, 5.41) is 6.49. The Morgan fingerprint density at radius 2 is 1.64 bits per heavy atom. The van der Waals surface area contributed by atoms with Crippen LogP contribution in [-0.4, -0.2) is 19.1 Å². The van der Waals surface area contributed by atoms with Gasteiger partial charge in [0.15, 0.2) is 5.96 Å². The van der Waals surface area contributed by atoms with Crippen LogP contribution in [0.2, 0.25) is 0 Å². The van der Waals surface area contributed by atoms with Crippen molar-refractivity contribution in [2.45, 2.75) is 33.5 Å². The number of nitrogens with zero attached hydrogens (tertiary/aromatic N) is 1. The van der Waals surface area contributed by atoms with Gasteiger partial charge in [-0.1, -0.05) is 42.5 Å². The maximum atomic E-state index is 13.7. The zero-order valence-electron chi connectivity index (χ0n) is 14.9. The molecule has 2 aromatic carbocycles. The zero-order valence-corrected chi connectivity index (χ0v) is 14.9. The van der Waals surface area contributed by atoms with Crippen molar-refractivity contribution in [3.8, 4) is 0 Å². The highest BCUT2D eigenvalue weighted by atomic mass is 19.1. The molecule has 0 aliphatic carbocycles. The number of halogens is 1. The summed E-state index contributed by atoms with van der Waals surface area (Å²) in [6, 6.07) is 14.9. The van der Waals surface area contributed by atoms with Gasteiger partial charge in [-0.2, -0.15) is 0 Å². The monoisotopic (exact) mass is 343 g/mol. The third kappa shape index (κ3) is 6.19. The summed E-state index contributed by atoms with van der Waals surface area (Å²) in [5.41, 5.74) is 2.89. The van der Waals surface area contributed by atoms with Crippen LogP contribution in [-0.2, 0) is 24.4 Å². The fourth-order valence-corrected chi connectivity index (χ4v) is 2.39. The Hall–Kier alpha value is -2.40. The van der Waals surface area contributed by atoms with Crippen LogP contribution in [0.15, 0.2) is 53.5 Å². The predicted molar refractivity (Wildman–Crippen MR) is 99.8 cm³/mol. The molecule has 0 amide bonds. The number of benzene rings is 2. The maximum absolute atomic E-state index is 13.7. The molecule has 25 heavy (non-hydrogen) atoms. The largest absolute Gasteiger partial charge is 0.377 e. The standard InChI is InChI=1S/C20H26FN3O/c1-3-22-20(24-14-17-10-7-8-12-19(17)21)23-13-16-9-5-6-11-18(16)15-25-4-2/h5-12H,3-4,13-15H2,1-2H3,(H2,22,23,24). The molecule has 134 valence electrons. The Kier molecular flexibility index (Phi) is 7.92. The van der Waals surface area contributed by atoms with Crippen molar-refractivity contribution >= 4 is 5.96 Å². The van der Waals surface area contributed by atoms with E-state index in [0.717, 1.165) is 17.7 Å². The highest BCUT2D eigenvalue weighted by molar-refractivity contribution is 5.79. The lowest BCUT2D eigenvalue weighted by Gasteiger charge is -2.14. The molecule has 2 aromatic rings. The number of nitrogens with one attached hydrogen (secondary N) is 2. The third-order valence-electron chi connectivity index (χ3n) is 3.74. The van der Waals surface area contributed by atoms with Crippen LogP contribution in [0.5, 0.6) is 0 Å². The molecule has 0 bridgehead atoms. The molecule has 5 heteroatoms. The molecule has 4 nitrogen and oxygen atoms in total. The lowest BCUT2D eigenvalue weighted by molar-refractivity contribution is 0.133. The molecule has 0 saturated heterocycles. The van der Waals surface area contributed by atoms with Gasteiger partial charge in [-0.3, -0.25) is 0 Å². The smallest absolute Gasteiger partial charge is 0.191 e. The number of guanidine groups is 1. The lowest BCUT2D eigenvalue weighted by atomic mass is 10.1. The van der Waals surface area contributed by atoms with E-state index in [1.54, 1.807) is 12.1 Å². The molecule has 0 atom stereocenters. The van der Waals surface area contributed by atoms with Gasteiger partial charge in [0.25, 0.3) is 0 Å². The van der Waals surface area contributed by atoms with Crippen LogP contribution in [0.25, 0.3) is 0 Å². The molecule has 0 aromatic heterocycles. The van der Waals surface area contributed by atoms with Crippen molar-refractivity contribution in [3.05, 3.63) is 71.0 Å². The second-order valence-electron chi connectivity index (χ2n) is 5.55. The van der Waals surface area contributed by atoms with Crippen LogP contribution >= 0.6 is 0 Å². The Morgan fingerprint density at radius 1 is 0.960 bits per heavy atom. The SMILES string of the molecule is CCNC(=NCc1ccccc1F)NCc1ccccc1COCC. The van der Waals surface area contributed by atoms with Gasteiger partial charge < -0.3 is 15.4 Å². The minimum absolute atomic E-state index is 0.232. The van der Waals surface area contributed by atoms with Gasteiger partial charge in [0.1, 0.15) is 5.82 Å². The molecule has 0 unspecified atom stereocenters. The first kappa shape index (κ1) is 18.9. The number of hydrogen-bond acceptors (Lipinski definition) is 2. The van der Waals surface area contributed by atoms with E-state index in [1.165, 1.54) is 6.07 Å². The summed E-state index contributed by atoms with van der Waals surface area (Å²) >= 11 is 0. The zero-order chi connectivity index (χ0) is 17.9. The lowest BCUT2D eigenvalue weighted by Crippen LogP contribution is -2.37. The van der Waals surface area contributed by atoms with E-state index in [9.17, 15) is 4.39 Å². The number of aliphatic imine (C=N–C) groups is 1. The van der Waals surface area contributed by atoms with E-state index >= 15 is 0 Å². The molecule has 0 heterocycles. The van der Waals surface area contributed by atoms with E-state index in [4.69, 9.17) is 4.74 Å². The van der Waals surface area contributed by atoms with Crippen LogP contribution in [0.3, 0.4) is 0 Å². The van der Waals surface area contributed by atoms with Crippen molar-refractivity contribution in [3.63, 3.8) is 0 Å². The predicted octanol–water partition coefficient (Wildman–Crippen LogP) is 3.62. The minimum Gasteiger partial charge on any atom is -0.377 e. The maximum Gasteiger partial charge on any atom is 0.191 e. The van der Waals surface area contributed by atoms with E-state index in [-0.39, 0.29) is 5.82 Å². The summed E-state index contributed by atoms with van der Waals surface area (Å²) in [6.07, 6.45) is 0. The average molecular weight is 343 g/mol. The summed E-state index contributed by atoms with van der Waals surface area (Å²) in [6.45, 7) is 6.94. The summed E-state index contributed by atoms with van der Waals surface area (Å²) in [5.74, 6) is 0.432. The van der Waals surface area contributed by atoms with Gasteiger partial charge in [0, 0.05) is 25.3 Å². The number of hydrogen-bond donors (Lipinski definition) is 2. The van der Waals surface area contributed by atoms with Crippen LogP contribution < -0.4 is 10.6 Å². The molecular formula is C20H26FN3O. The number of rotatable bonds is 8. The van der Waals surface area contributed by atoms with Crippen molar-refractivity contribution in [2.24, 2.45) is 4.99 Å². The average Bonchev–Trinajstić information content (AvgIpc) is 2.64. The van der Waals surface area contributed by atoms with E-state index in [1.807, 2.05) is 32.0 Å². The van der Waals surface area contributed by atoms with Gasteiger partial charge in [-0.05, 0) is 31.0 Å². The molecule has 0 spiro atoms. The highest BCUT2D eigenvalue weighted by Gasteiger charge is 2.05. The fraction of sp³-hybridized carbons (Fsp3) is 0.350. The first-order valence-electron chi connectivity index (χ1n) is 8.64. The van der Waals surface area contributed by atoms with Crippen LogP contribution in [0.4, 0.5) is 4.39 Å². The molecule has 0 aliphatic rings. The van der Waals surface area contributed by atoms with Gasteiger partial charge in [0.05, 0.1) is 13.2 Å². The molecule has 2 rings (SSSR count). The first-order valence-corrected chi connectivity index (χ1v) is 8.64. The van der Waals surface area contributed by atoms with Crippen LogP contribution in [0.1, 0.15) is 30.5 Å². The normalized spacial score (nSPS) is 11.4. The van der Waals surface area contributed by atoms with Crippen LogP contribution in [0, 0.1) is 5.82 Å². The Balaban J connectivity index is 2.02. The quantitative estimate of drug-likeness (QED) is 0.568. The minimum atomic E-state index is -0.232. The van der Waals surface area contributed by atoms with Crippen molar-refractivity contribution in [1.29, 1.82) is 0 Å². The van der Waals surface area contributed by atoms with Gasteiger partial charge in [0.2, 0.25) is 0 Å². The first-order chi connectivity index (χ1) is 12.2. The molecule has 0 aliphatic heterocycles. The van der Waals surface area contributed by atoms with Crippen molar-refractivity contribution < 1.29 is 9.13 Å². The summed E-state index contributed by atoms with van der Waals surface area (Å²) < 4.78 is 19.2. The van der Waals surface area contributed by atoms with Crippen molar-refractivity contribution in [2.75, 3.05) is 13.2 Å². The van der Waals surface area contributed by atoms with Gasteiger partial charge in [-0.25, -0.2) is 9.38 Å². The van der Waals surface area contributed by atoms with E-state index in [2.05, 4.69) is 27.8 Å². The summed E-state index contributed by atoms with van der Waals surface area (Å²) in [4.78, 5) is 4.47. The third-order valence-corrected chi connectivity index (χ3v) is 3.74. The highest BCUT2D eigenvalue weighted by Crippen LogP contribution is 2.10. The van der Waals surface area contributed by atoms with E-state index in [0.29, 0.717) is 37.8 Å². The number of ether oxygens (including phenoxy) is 1. The van der Waals surface area contributed by atoms with Crippen molar-refractivity contribution in [1.82, 2.24) is 10.6 Å². The van der Waals surface area contributed by atoms with Gasteiger partial charge >= 0.3 is 0 Å². The van der Waals surface area contributed by atoms with Gasteiger partial charge in [-0.15, -0.1) is 0 Å². The molecule has 0 fully saturated rings. The Bertz CT molecular complexity index is 688. The fourth-order valence-electron chi connectivity index (χ4n) is 2.39.